The van der Waals surface area contributed by atoms with E-state index in [1.807, 2.05) is 41.8 Å². The van der Waals surface area contributed by atoms with E-state index in [1.165, 1.54) is 0 Å². The van der Waals surface area contributed by atoms with Gasteiger partial charge in [0.05, 0.1) is 0 Å². The summed E-state index contributed by atoms with van der Waals surface area (Å²) >= 11 is 0. The maximum absolute atomic E-state index is 6.00. The first-order valence-electron chi connectivity index (χ1n) is 4.79. The molecule has 2 rings (SSSR count). The molecule has 0 saturated heterocycles. The van der Waals surface area contributed by atoms with E-state index in [4.69, 9.17) is 5.73 Å². The molecule has 0 aliphatic heterocycles. The Balaban J connectivity index is 2.73. The Labute approximate surface area is 88.6 Å². The maximum atomic E-state index is 6.00. The molecule has 0 bridgehead atoms. The number of nitrogens with two attached hydrogens (primary N) is 1. The summed E-state index contributed by atoms with van der Waals surface area (Å²) in [6.07, 6.45) is 5.61. The largest absolute Gasteiger partial charge is 0.383 e. The summed E-state index contributed by atoms with van der Waals surface area (Å²) in [4.78, 5) is 4.45. The topological polar surface area (TPSA) is 43.3 Å². The summed E-state index contributed by atoms with van der Waals surface area (Å²) in [5, 5.41) is 0. The third-order valence-electron chi connectivity index (χ3n) is 2.37. The molecule has 0 radical (unpaired) electrons. The third-order valence-corrected chi connectivity index (χ3v) is 2.37. The lowest BCUT2D eigenvalue weighted by Gasteiger charge is -1.98. The highest BCUT2D eigenvalue weighted by Gasteiger charge is 2.09. The van der Waals surface area contributed by atoms with E-state index in [2.05, 4.69) is 11.6 Å². The highest BCUT2D eigenvalue weighted by atomic mass is 15.1. The van der Waals surface area contributed by atoms with Crippen LogP contribution in [0.1, 0.15) is 12.6 Å². The average molecular weight is 199 g/mol. The second-order valence-electron chi connectivity index (χ2n) is 3.22. The Kier molecular flexibility index (Phi) is 2.29. The molecule has 76 valence electrons. The van der Waals surface area contributed by atoms with Gasteiger partial charge in [-0.2, -0.15) is 0 Å². The minimum atomic E-state index is 0.651. The fourth-order valence-electron chi connectivity index (χ4n) is 1.58. The van der Waals surface area contributed by atoms with Crippen LogP contribution in [0.2, 0.25) is 0 Å². The number of rotatable bonds is 2. The number of hydrogen-bond acceptors (Lipinski definition) is 2. The standard InChI is InChI=1S/C12H13N3/c1-3-9(4-2)11-12(13)15-8-6-5-7-10(15)14-11/h3-8H,1,13H2,2H3/b9-4+. The van der Waals surface area contributed by atoms with Crippen LogP contribution in [-0.2, 0) is 0 Å². The van der Waals surface area contributed by atoms with E-state index in [0.29, 0.717) is 5.82 Å². The number of imidazole rings is 1. The molecule has 0 aliphatic carbocycles. The Morgan fingerprint density at radius 3 is 2.93 bits per heavy atom. The second kappa shape index (κ2) is 3.61. The Hall–Kier alpha value is -2.03. The molecular weight excluding hydrogens is 186 g/mol. The zero-order valence-electron chi connectivity index (χ0n) is 8.64. The predicted octanol–water partition coefficient (Wildman–Crippen LogP) is 2.51. The van der Waals surface area contributed by atoms with Crippen molar-refractivity contribution in [3.8, 4) is 0 Å². The van der Waals surface area contributed by atoms with Crippen molar-refractivity contribution in [2.24, 2.45) is 0 Å². The van der Waals surface area contributed by atoms with Crippen LogP contribution < -0.4 is 5.73 Å². The van der Waals surface area contributed by atoms with Crippen LogP contribution in [-0.4, -0.2) is 9.38 Å². The van der Waals surface area contributed by atoms with Gasteiger partial charge in [-0.15, -0.1) is 0 Å². The molecule has 2 N–H and O–H groups in total. The van der Waals surface area contributed by atoms with E-state index >= 15 is 0 Å². The fourth-order valence-corrected chi connectivity index (χ4v) is 1.58. The summed E-state index contributed by atoms with van der Waals surface area (Å²) in [6.45, 7) is 5.69. The fraction of sp³-hybridized carbons (Fsp3) is 0.0833. The first-order chi connectivity index (χ1) is 7.27. The first-order valence-corrected chi connectivity index (χ1v) is 4.79. The van der Waals surface area contributed by atoms with Gasteiger partial charge in [-0.25, -0.2) is 4.98 Å². The van der Waals surface area contributed by atoms with Crippen molar-refractivity contribution < 1.29 is 0 Å². The molecule has 15 heavy (non-hydrogen) atoms. The molecular formula is C12H13N3. The van der Waals surface area contributed by atoms with Crippen LogP contribution in [0.25, 0.3) is 11.2 Å². The van der Waals surface area contributed by atoms with Crippen molar-refractivity contribution in [3.63, 3.8) is 0 Å². The summed E-state index contributed by atoms with van der Waals surface area (Å²) in [5.74, 6) is 0.651. The first kappa shape index (κ1) is 9.52. The van der Waals surface area contributed by atoms with Crippen molar-refractivity contribution in [2.75, 3.05) is 5.73 Å². The second-order valence-corrected chi connectivity index (χ2v) is 3.22. The van der Waals surface area contributed by atoms with Crippen LogP contribution in [0, 0.1) is 0 Å². The summed E-state index contributed by atoms with van der Waals surface area (Å²) < 4.78 is 1.86. The van der Waals surface area contributed by atoms with Crippen LogP contribution in [0.5, 0.6) is 0 Å². The van der Waals surface area contributed by atoms with Crippen LogP contribution in [0.15, 0.2) is 43.1 Å². The van der Waals surface area contributed by atoms with Crippen molar-refractivity contribution in [1.29, 1.82) is 0 Å². The van der Waals surface area contributed by atoms with E-state index in [1.54, 1.807) is 6.08 Å². The molecule has 0 atom stereocenters. The number of fused-ring (bicyclic) bond motifs is 1. The molecule has 2 aromatic rings. The number of nitrogens with zero attached hydrogens (tertiary/aromatic N) is 2. The summed E-state index contributed by atoms with van der Waals surface area (Å²) in [7, 11) is 0. The van der Waals surface area contributed by atoms with Gasteiger partial charge in [-0.05, 0) is 24.6 Å². The normalized spacial score (nSPS) is 11.9. The molecule has 0 aliphatic rings. The monoisotopic (exact) mass is 199 g/mol. The maximum Gasteiger partial charge on any atom is 0.139 e. The molecule has 0 fully saturated rings. The van der Waals surface area contributed by atoms with E-state index in [0.717, 1.165) is 16.9 Å². The van der Waals surface area contributed by atoms with E-state index in [9.17, 15) is 0 Å². The quantitative estimate of drug-likeness (QED) is 0.755. The molecule has 3 heteroatoms. The summed E-state index contributed by atoms with van der Waals surface area (Å²) in [6, 6.07) is 5.79. The molecule has 2 heterocycles. The van der Waals surface area contributed by atoms with E-state index < -0.39 is 0 Å². The zero-order valence-corrected chi connectivity index (χ0v) is 8.64. The lowest BCUT2D eigenvalue weighted by atomic mass is 10.2. The van der Waals surface area contributed by atoms with Gasteiger partial charge in [0.1, 0.15) is 17.2 Å². The third kappa shape index (κ3) is 1.42. The SMILES string of the molecule is C=C/C(=C\C)c1nc2ccccn2c1N. The highest BCUT2D eigenvalue weighted by molar-refractivity contribution is 5.79. The number of allylic oxidation sites excluding steroid dienone is 3. The van der Waals surface area contributed by atoms with Crippen molar-refractivity contribution in [1.82, 2.24) is 9.38 Å². The van der Waals surface area contributed by atoms with Crippen LogP contribution in [0.3, 0.4) is 0 Å². The van der Waals surface area contributed by atoms with Gasteiger partial charge in [0.25, 0.3) is 0 Å². The number of aromatic nitrogens is 2. The van der Waals surface area contributed by atoms with Gasteiger partial charge in [0, 0.05) is 6.20 Å². The van der Waals surface area contributed by atoms with Gasteiger partial charge in [-0.3, -0.25) is 4.40 Å². The van der Waals surface area contributed by atoms with Crippen molar-refractivity contribution >= 4 is 17.0 Å². The minimum Gasteiger partial charge on any atom is -0.383 e. The van der Waals surface area contributed by atoms with Gasteiger partial charge in [0.2, 0.25) is 0 Å². The molecule has 0 unspecified atom stereocenters. The molecule has 0 saturated carbocycles. The van der Waals surface area contributed by atoms with Gasteiger partial charge in [0.15, 0.2) is 0 Å². The lowest BCUT2D eigenvalue weighted by molar-refractivity contribution is 1.20. The predicted molar refractivity (Wildman–Crippen MR) is 63.5 cm³/mol. The molecule has 0 amide bonds. The Bertz CT molecular complexity index is 535. The average Bonchev–Trinajstić information content (AvgIpc) is 2.60. The van der Waals surface area contributed by atoms with Crippen LogP contribution >= 0.6 is 0 Å². The van der Waals surface area contributed by atoms with E-state index in [-0.39, 0.29) is 0 Å². The zero-order chi connectivity index (χ0) is 10.8. The smallest absolute Gasteiger partial charge is 0.139 e. The molecule has 2 aromatic heterocycles. The van der Waals surface area contributed by atoms with Crippen molar-refractivity contribution in [3.05, 3.63) is 48.8 Å². The number of pyridine rings is 1. The van der Waals surface area contributed by atoms with Crippen molar-refractivity contribution in [2.45, 2.75) is 6.92 Å². The molecule has 0 spiro atoms. The van der Waals surface area contributed by atoms with Gasteiger partial charge in [-0.1, -0.05) is 24.8 Å². The Morgan fingerprint density at radius 2 is 2.33 bits per heavy atom. The molecule has 0 aromatic carbocycles. The summed E-state index contributed by atoms with van der Waals surface area (Å²) in [5.41, 5.74) is 8.60. The number of anilines is 1. The highest BCUT2D eigenvalue weighted by Crippen LogP contribution is 2.22. The van der Waals surface area contributed by atoms with Crippen LogP contribution in [0.4, 0.5) is 5.82 Å². The number of nitrogen functional groups attached to an aromatic ring is 1. The minimum absolute atomic E-state index is 0.651. The molecule has 3 nitrogen and oxygen atoms in total. The van der Waals surface area contributed by atoms with Gasteiger partial charge < -0.3 is 5.73 Å². The van der Waals surface area contributed by atoms with Gasteiger partial charge >= 0.3 is 0 Å². The Morgan fingerprint density at radius 1 is 1.53 bits per heavy atom. The number of hydrogen-bond donors (Lipinski definition) is 1. The lowest BCUT2D eigenvalue weighted by Crippen LogP contribution is -1.94.